The number of carbonyl (C=O) groups is 2. The van der Waals surface area contributed by atoms with E-state index in [1.165, 1.54) is 0 Å². The van der Waals surface area contributed by atoms with Gasteiger partial charge in [-0.15, -0.1) is 0 Å². The molecule has 0 fully saturated rings. The molecule has 0 saturated heterocycles. The van der Waals surface area contributed by atoms with Gasteiger partial charge in [0.05, 0.1) is 18.3 Å². The standard InChI is InChI=1S/C19H21NO4/c1-4-23-17-7-5-6-15(12-17)18(21)20-16-10-8-14(9-11-16)19(22)24-13(2)3/h5-13H,4H2,1-3H3,(H,20,21). The van der Waals surface area contributed by atoms with Gasteiger partial charge in [-0.05, 0) is 63.2 Å². The summed E-state index contributed by atoms with van der Waals surface area (Å²) in [5.41, 5.74) is 1.55. The van der Waals surface area contributed by atoms with Crippen molar-refractivity contribution < 1.29 is 19.1 Å². The van der Waals surface area contributed by atoms with E-state index in [-0.39, 0.29) is 18.0 Å². The monoisotopic (exact) mass is 327 g/mol. The van der Waals surface area contributed by atoms with Gasteiger partial charge in [-0.25, -0.2) is 4.79 Å². The van der Waals surface area contributed by atoms with Gasteiger partial charge in [-0.1, -0.05) is 6.07 Å². The molecular weight excluding hydrogens is 306 g/mol. The number of esters is 1. The lowest BCUT2D eigenvalue weighted by Gasteiger charge is -2.09. The maximum Gasteiger partial charge on any atom is 0.338 e. The van der Waals surface area contributed by atoms with Crippen LogP contribution in [0.4, 0.5) is 5.69 Å². The number of carbonyl (C=O) groups excluding carboxylic acids is 2. The summed E-state index contributed by atoms with van der Waals surface area (Å²) in [4.78, 5) is 24.1. The van der Waals surface area contributed by atoms with Crippen molar-refractivity contribution in [2.75, 3.05) is 11.9 Å². The summed E-state index contributed by atoms with van der Waals surface area (Å²) in [5, 5.41) is 2.79. The molecule has 24 heavy (non-hydrogen) atoms. The maximum absolute atomic E-state index is 12.3. The predicted molar refractivity (Wildman–Crippen MR) is 92.6 cm³/mol. The van der Waals surface area contributed by atoms with E-state index in [2.05, 4.69) is 5.32 Å². The number of anilines is 1. The lowest BCUT2D eigenvalue weighted by atomic mass is 10.1. The van der Waals surface area contributed by atoms with E-state index in [0.29, 0.717) is 29.2 Å². The summed E-state index contributed by atoms with van der Waals surface area (Å²) in [6.45, 7) is 6.02. The van der Waals surface area contributed by atoms with E-state index in [1.807, 2.05) is 6.92 Å². The van der Waals surface area contributed by atoms with Crippen LogP contribution in [0, 0.1) is 0 Å². The second-order valence-electron chi connectivity index (χ2n) is 5.45. The van der Waals surface area contributed by atoms with E-state index in [0.717, 1.165) is 0 Å². The molecule has 2 aromatic carbocycles. The van der Waals surface area contributed by atoms with Gasteiger partial charge in [0.2, 0.25) is 0 Å². The normalized spacial score (nSPS) is 10.3. The Kier molecular flexibility index (Phi) is 5.95. The first kappa shape index (κ1) is 17.5. The van der Waals surface area contributed by atoms with Gasteiger partial charge in [0.1, 0.15) is 5.75 Å². The third-order valence-corrected chi connectivity index (χ3v) is 3.13. The van der Waals surface area contributed by atoms with Crippen LogP contribution in [-0.2, 0) is 4.74 Å². The molecule has 1 amide bonds. The summed E-state index contributed by atoms with van der Waals surface area (Å²) in [6.07, 6.45) is -0.172. The zero-order valence-electron chi connectivity index (χ0n) is 14.0. The van der Waals surface area contributed by atoms with Gasteiger partial charge in [0.15, 0.2) is 0 Å². The first-order valence-corrected chi connectivity index (χ1v) is 7.85. The van der Waals surface area contributed by atoms with Crippen molar-refractivity contribution in [1.82, 2.24) is 0 Å². The van der Waals surface area contributed by atoms with Crippen molar-refractivity contribution in [3.63, 3.8) is 0 Å². The van der Waals surface area contributed by atoms with E-state index < -0.39 is 0 Å². The Hall–Kier alpha value is -2.82. The van der Waals surface area contributed by atoms with Crippen LogP contribution in [0.5, 0.6) is 5.75 Å². The molecule has 0 aliphatic heterocycles. The Morgan fingerprint density at radius 2 is 1.75 bits per heavy atom. The minimum Gasteiger partial charge on any atom is -0.494 e. The first-order chi connectivity index (χ1) is 11.5. The Balaban J connectivity index is 2.04. The van der Waals surface area contributed by atoms with Crippen LogP contribution < -0.4 is 10.1 Å². The highest BCUT2D eigenvalue weighted by atomic mass is 16.5. The van der Waals surface area contributed by atoms with Gasteiger partial charge < -0.3 is 14.8 Å². The van der Waals surface area contributed by atoms with Gasteiger partial charge in [-0.3, -0.25) is 4.79 Å². The predicted octanol–water partition coefficient (Wildman–Crippen LogP) is 3.90. The molecule has 0 aliphatic rings. The smallest absolute Gasteiger partial charge is 0.338 e. The van der Waals surface area contributed by atoms with Crippen LogP contribution in [0.2, 0.25) is 0 Å². The van der Waals surface area contributed by atoms with Gasteiger partial charge >= 0.3 is 5.97 Å². The highest BCUT2D eigenvalue weighted by Gasteiger charge is 2.10. The molecule has 0 heterocycles. The van der Waals surface area contributed by atoms with Crippen LogP contribution in [0.15, 0.2) is 48.5 Å². The van der Waals surface area contributed by atoms with Crippen LogP contribution in [-0.4, -0.2) is 24.6 Å². The van der Waals surface area contributed by atoms with Gasteiger partial charge in [0, 0.05) is 11.3 Å². The number of benzene rings is 2. The number of amides is 1. The van der Waals surface area contributed by atoms with Crippen LogP contribution in [0.25, 0.3) is 0 Å². The van der Waals surface area contributed by atoms with E-state index in [4.69, 9.17) is 9.47 Å². The Labute approximate surface area is 141 Å². The fourth-order valence-electron chi connectivity index (χ4n) is 2.07. The molecule has 0 spiro atoms. The quantitative estimate of drug-likeness (QED) is 0.817. The molecule has 0 aromatic heterocycles. The SMILES string of the molecule is CCOc1cccc(C(=O)Nc2ccc(C(=O)OC(C)C)cc2)c1. The molecule has 2 rings (SSSR count). The third-order valence-electron chi connectivity index (χ3n) is 3.13. The Bertz CT molecular complexity index is 708. The topological polar surface area (TPSA) is 64.6 Å². The molecule has 1 N–H and O–H groups in total. The molecule has 0 aliphatic carbocycles. The molecule has 0 radical (unpaired) electrons. The van der Waals surface area contributed by atoms with Crippen molar-refractivity contribution in [2.45, 2.75) is 26.9 Å². The summed E-state index contributed by atoms with van der Waals surface area (Å²) >= 11 is 0. The van der Waals surface area contributed by atoms with Crippen LogP contribution in [0.3, 0.4) is 0 Å². The van der Waals surface area contributed by atoms with E-state index in [9.17, 15) is 9.59 Å². The minimum atomic E-state index is -0.382. The maximum atomic E-state index is 12.3. The van der Waals surface area contributed by atoms with E-state index in [1.54, 1.807) is 62.4 Å². The largest absolute Gasteiger partial charge is 0.494 e. The average Bonchev–Trinajstić information content (AvgIpc) is 2.55. The molecule has 5 heteroatoms. The number of hydrogen-bond donors (Lipinski definition) is 1. The van der Waals surface area contributed by atoms with Crippen molar-refractivity contribution >= 4 is 17.6 Å². The fraction of sp³-hybridized carbons (Fsp3) is 0.263. The molecule has 126 valence electrons. The van der Waals surface area contributed by atoms with Crippen LogP contribution >= 0.6 is 0 Å². The van der Waals surface area contributed by atoms with Crippen molar-refractivity contribution in [3.05, 3.63) is 59.7 Å². The molecule has 2 aromatic rings. The molecular formula is C19H21NO4. The van der Waals surface area contributed by atoms with Gasteiger partial charge in [-0.2, -0.15) is 0 Å². The molecule has 0 bridgehead atoms. The number of nitrogens with one attached hydrogen (secondary N) is 1. The lowest BCUT2D eigenvalue weighted by molar-refractivity contribution is 0.0378. The van der Waals surface area contributed by atoms with E-state index >= 15 is 0 Å². The molecule has 0 atom stereocenters. The van der Waals surface area contributed by atoms with Crippen molar-refractivity contribution in [3.8, 4) is 5.75 Å². The first-order valence-electron chi connectivity index (χ1n) is 7.85. The zero-order valence-corrected chi connectivity index (χ0v) is 14.0. The summed E-state index contributed by atoms with van der Waals surface area (Å²) in [5.74, 6) is 0.0262. The number of ether oxygens (including phenoxy) is 2. The van der Waals surface area contributed by atoms with Crippen molar-refractivity contribution in [2.24, 2.45) is 0 Å². The summed E-state index contributed by atoms with van der Waals surface area (Å²) in [7, 11) is 0. The van der Waals surface area contributed by atoms with Crippen molar-refractivity contribution in [1.29, 1.82) is 0 Å². The van der Waals surface area contributed by atoms with Crippen LogP contribution in [0.1, 0.15) is 41.5 Å². The summed E-state index contributed by atoms with van der Waals surface area (Å²) in [6, 6.07) is 13.6. The number of hydrogen-bond acceptors (Lipinski definition) is 4. The highest BCUT2D eigenvalue weighted by molar-refractivity contribution is 6.04. The third kappa shape index (κ3) is 4.84. The second-order valence-corrected chi connectivity index (χ2v) is 5.45. The molecule has 0 saturated carbocycles. The fourth-order valence-corrected chi connectivity index (χ4v) is 2.07. The molecule has 0 unspecified atom stereocenters. The number of rotatable bonds is 6. The Morgan fingerprint density at radius 3 is 2.38 bits per heavy atom. The Morgan fingerprint density at radius 1 is 1.04 bits per heavy atom. The lowest BCUT2D eigenvalue weighted by Crippen LogP contribution is -2.13. The average molecular weight is 327 g/mol. The molecule has 5 nitrogen and oxygen atoms in total. The zero-order chi connectivity index (χ0) is 17.5. The second kappa shape index (κ2) is 8.15. The van der Waals surface area contributed by atoms with Gasteiger partial charge in [0.25, 0.3) is 5.91 Å². The minimum absolute atomic E-state index is 0.172. The summed E-state index contributed by atoms with van der Waals surface area (Å²) < 4.78 is 10.5. The highest BCUT2D eigenvalue weighted by Crippen LogP contribution is 2.16.